The van der Waals surface area contributed by atoms with Crippen molar-refractivity contribution >= 4 is 11.8 Å². The highest BCUT2D eigenvalue weighted by molar-refractivity contribution is 5.94. The Balaban J connectivity index is 1.52. The number of hydrogen-bond donors (Lipinski definition) is 2. The second kappa shape index (κ2) is 8.29. The molecule has 1 saturated heterocycles. The molecule has 0 unspecified atom stereocenters. The molecule has 7 heteroatoms. The monoisotopic (exact) mass is 453 g/mol. The number of hydrogen-bond acceptors (Lipinski definition) is 7. The van der Waals surface area contributed by atoms with Crippen LogP contribution in [0.3, 0.4) is 0 Å². The maximum Gasteiger partial charge on any atom is 0.341 e. The summed E-state index contributed by atoms with van der Waals surface area (Å²) in [4.78, 5) is 21.5. The molecular formula is C26H35N3O4. The molecule has 33 heavy (non-hydrogen) atoms. The van der Waals surface area contributed by atoms with Gasteiger partial charge in [0.15, 0.2) is 0 Å². The van der Waals surface area contributed by atoms with E-state index in [0.29, 0.717) is 18.0 Å². The smallest absolute Gasteiger partial charge is 0.341 e. The molecule has 0 bridgehead atoms. The third kappa shape index (κ3) is 3.49. The van der Waals surface area contributed by atoms with Crippen molar-refractivity contribution in [2.75, 3.05) is 37.7 Å². The molecule has 4 rings (SSSR count). The molecule has 0 radical (unpaired) electrons. The Morgan fingerprint density at radius 1 is 1.06 bits per heavy atom. The number of carbonyl (C=O) groups excluding carboxylic acids is 1. The zero-order chi connectivity index (χ0) is 24.0. The van der Waals surface area contributed by atoms with Gasteiger partial charge < -0.3 is 19.8 Å². The van der Waals surface area contributed by atoms with Crippen LogP contribution >= 0.6 is 0 Å². The van der Waals surface area contributed by atoms with Crippen molar-refractivity contribution in [2.45, 2.75) is 46.3 Å². The van der Waals surface area contributed by atoms with Crippen molar-refractivity contribution in [2.24, 2.45) is 10.8 Å². The van der Waals surface area contributed by atoms with Gasteiger partial charge in [-0.3, -0.25) is 4.90 Å². The molecule has 178 valence electrons. The van der Waals surface area contributed by atoms with Gasteiger partial charge >= 0.3 is 5.97 Å². The van der Waals surface area contributed by atoms with Crippen LogP contribution in [0.25, 0.3) is 0 Å². The number of esters is 1. The summed E-state index contributed by atoms with van der Waals surface area (Å²) in [5.41, 5.74) is -0.474. The number of phenols is 1. The normalized spacial score (nSPS) is 26.5. The minimum atomic E-state index is -1.02. The van der Waals surface area contributed by atoms with Crippen molar-refractivity contribution in [3.8, 4) is 5.75 Å². The summed E-state index contributed by atoms with van der Waals surface area (Å²) in [6, 6.07) is 10.6. The highest BCUT2D eigenvalue weighted by Gasteiger charge is 2.73. The molecule has 0 atom stereocenters. The van der Waals surface area contributed by atoms with Crippen LogP contribution in [0.2, 0.25) is 0 Å². The van der Waals surface area contributed by atoms with E-state index in [1.165, 1.54) is 0 Å². The number of piperazine rings is 1. The number of carbonyl (C=O) groups is 1. The Labute approximate surface area is 196 Å². The van der Waals surface area contributed by atoms with E-state index < -0.39 is 16.4 Å². The average molecular weight is 454 g/mol. The van der Waals surface area contributed by atoms with Gasteiger partial charge in [0.25, 0.3) is 0 Å². The summed E-state index contributed by atoms with van der Waals surface area (Å²) in [5.74, 6) is 0.522. The summed E-state index contributed by atoms with van der Waals surface area (Å²) in [5, 5.41) is 21.6. The lowest BCUT2D eigenvalue weighted by atomic mass is 9.39. The first-order chi connectivity index (χ1) is 15.6. The highest BCUT2D eigenvalue weighted by atomic mass is 16.5. The fourth-order valence-electron chi connectivity index (χ4n) is 6.62. The maximum absolute atomic E-state index is 12.4. The number of aromatic nitrogens is 1. The highest BCUT2D eigenvalue weighted by Crippen LogP contribution is 2.68. The molecule has 2 fully saturated rings. The molecule has 2 aromatic rings. The van der Waals surface area contributed by atoms with E-state index in [1.807, 2.05) is 12.1 Å². The predicted octanol–water partition coefficient (Wildman–Crippen LogP) is 3.41. The van der Waals surface area contributed by atoms with Crippen LogP contribution in [0.4, 0.5) is 5.82 Å². The van der Waals surface area contributed by atoms with Gasteiger partial charge in [0, 0.05) is 49.2 Å². The van der Waals surface area contributed by atoms with Crippen LogP contribution in [-0.2, 0) is 10.3 Å². The number of phenolic OH excluding ortho intramolecular Hbond substituents is 1. The van der Waals surface area contributed by atoms with Crippen LogP contribution < -0.4 is 4.90 Å². The largest absolute Gasteiger partial charge is 0.508 e. The molecule has 7 nitrogen and oxygen atoms in total. The Bertz CT molecular complexity index is 994. The summed E-state index contributed by atoms with van der Waals surface area (Å²) in [6.07, 6.45) is 1.71. The van der Waals surface area contributed by atoms with Gasteiger partial charge in [-0.15, -0.1) is 0 Å². The molecule has 1 aromatic heterocycles. The number of benzene rings is 1. The summed E-state index contributed by atoms with van der Waals surface area (Å²) in [7, 11) is 0. The molecule has 1 aliphatic heterocycles. The van der Waals surface area contributed by atoms with Gasteiger partial charge in [-0.25, -0.2) is 9.78 Å². The number of rotatable bonds is 5. The van der Waals surface area contributed by atoms with Crippen molar-refractivity contribution in [3.05, 3.63) is 53.7 Å². The SMILES string of the molecule is CCOC(=O)c1cccnc1N1CCN(C2C(C)(C)C(O)(c3ccc(O)cc3)C2(C)C)CC1. The molecule has 2 aliphatic rings. The van der Waals surface area contributed by atoms with Crippen molar-refractivity contribution < 1.29 is 19.7 Å². The number of anilines is 1. The standard InChI is InChI=1S/C26H35N3O4/c1-6-33-22(31)20-8-7-13-27-21(20)28-14-16-29(17-15-28)23-24(2,3)26(32,25(23,4)5)18-9-11-19(30)12-10-18/h7-13,23,30,32H,6,14-17H2,1-5H3. The number of pyridine rings is 1. The zero-order valence-electron chi connectivity index (χ0n) is 20.2. The minimum absolute atomic E-state index is 0.166. The fraction of sp³-hybridized carbons (Fsp3) is 0.538. The molecular weight excluding hydrogens is 418 g/mol. The number of nitrogens with zero attached hydrogens (tertiary/aromatic N) is 3. The van der Waals surface area contributed by atoms with E-state index in [0.717, 1.165) is 31.7 Å². The van der Waals surface area contributed by atoms with Gasteiger partial charge in [-0.05, 0) is 36.8 Å². The quantitative estimate of drug-likeness (QED) is 0.671. The molecule has 2 heterocycles. The van der Waals surface area contributed by atoms with E-state index in [2.05, 4.69) is 42.5 Å². The van der Waals surface area contributed by atoms with Gasteiger partial charge in [0.05, 0.1) is 6.61 Å². The second-order valence-corrected chi connectivity index (χ2v) is 10.2. The Morgan fingerprint density at radius 3 is 2.24 bits per heavy atom. The van der Waals surface area contributed by atoms with Crippen molar-refractivity contribution in [3.63, 3.8) is 0 Å². The minimum Gasteiger partial charge on any atom is -0.508 e. The van der Waals surface area contributed by atoms with Gasteiger partial charge in [-0.2, -0.15) is 0 Å². The molecule has 1 aliphatic carbocycles. The number of aromatic hydroxyl groups is 1. The topological polar surface area (TPSA) is 86.1 Å². The predicted molar refractivity (Wildman–Crippen MR) is 127 cm³/mol. The van der Waals surface area contributed by atoms with Crippen molar-refractivity contribution in [1.29, 1.82) is 0 Å². The number of aliphatic hydroxyl groups is 1. The molecule has 0 amide bonds. The number of ether oxygens (including phenoxy) is 1. The summed E-state index contributed by atoms with van der Waals surface area (Å²) in [6.45, 7) is 13.7. The van der Waals surface area contributed by atoms with E-state index in [1.54, 1.807) is 37.4 Å². The Kier molecular flexibility index (Phi) is 5.91. The fourth-order valence-corrected chi connectivity index (χ4v) is 6.62. The summed E-state index contributed by atoms with van der Waals surface area (Å²) >= 11 is 0. The van der Waals surface area contributed by atoms with Gasteiger partial charge in [0.2, 0.25) is 0 Å². The molecule has 1 saturated carbocycles. The first-order valence-electron chi connectivity index (χ1n) is 11.7. The van der Waals surface area contributed by atoms with E-state index in [4.69, 9.17) is 4.74 Å². The lowest BCUT2D eigenvalue weighted by Crippen LogP contribution is -2.79. The lowest BCUT2D eigenvalue weighted by molar-refractivity contribution is -0.307. The second-order valence-electron chi connectivity index (χ2n) is 10.2. The van der Waals surface area contributed by atoms with Crippen LogP contribution in [0.5, 0.6) is 5.75 Å². The maximum atomic E-state index is 12.4. The van der Waals surface area contributed by atoms with Crippen LogP contribution in [0, 0.1) is 10.8 Å². The average Bonchev–Trinajstić information content (AvgIpc) is 2.79. The van der Waals surface area contributed by atoms with E-state index in [9.17, 15) is 15.0 Å². The molecule has 0 spiro atoms. The summed E-state index contributed by atoms with van der Waals surface area (Å²) < 4.78 is 5.21. The van der Waals surface area contributed by atoms with Gasteiger partial charge in [0.1, 0.15) is 22.7 Å². The van der Waals surface area contributed by atoms with Crippen LogP contribution in [-0.4, -0.2) is 64.9 Å². The Hall–Kier alpha value is -2.64. The van der Waals surface area contributed by atoms with E-state index in [-0.39, 0.29) is 17.8 Å². The third-order valence-electron chi connectivity index (χ3n) is 7.78. The zero-order valence-corrected chi connectivity index (χ0v) is 20.2. The Morgan fingerprint density at radius 2 is 1.67 bits per heavy atom. The van der Waals surface area contributed by atoms with Crippen molar-refractivity contribution in [1.82, 2.24) is 9.88 Å². The van der Waals surface area contributed by atoms with E-state index >= 15 is 0 Å². The van der Waals surface area contributed by atoms with Crippen LogP contribution in [0.15, 0.2) is 42.6 Å². The third-order valence-corrected chi connectivity index (χ3v) is 7.78. The van der Waals surface area contributed by atoms with Crippen LogP contribution in [0.1, 0.15) is 50.5 Å². The first-order valence-corrected chi connectivity index (χ1v) is 11.7. The molecule has 2 N–H and O–H groups in total. The first kappa shape index (κ1) is 23.5. The van der Waals surface area contributed by atoms with Gasteiger partial charge in [-0.1, -0.05) is 39.8 Å². The molecule has 1 aromatic carbocycles. The lowest BCUT2D eigenvalue weighted by Gasteiger charge is -2.72.